The van der Waals surface area contributed by atoms with Crippen molar-refractivity contribution in [3.05, 3.63) is 24.3 Å². The van der Waals surface area contributed by atoms with E-state index in [1.165, 1.54) is 4.70 Å². The number of nitrogens with zero attached hydrogens (tertiary/aromatic N) is 1. The first kappa shape index (κ1) is 13.4. The van der Waals surface area contributed by atoms with Gasteiger partial charge in [-0.2, -0.15) is 0 Å². The zero-order valence-electron chi connectivity index (χ0n) is 10.4. The molecule has 1 aromatic heterocycles. The number of fused-ring (bicyclic) bond motifs is 1. The van der Waals surface area contributed by atoms with Crippen LogP contribution < -0.4 is 0 Å². The Balaban J connectivity index is 1.82. The number of carbonyl (C=O) groups is 1. The largest absolute Gasteiger partial charge is 0.465 e. The Bertz CT molecular complexity index is 504. The standard InChI is InChI=1S/C13H15NO2S2/c1-9(2)12(15)16-7-8-17-13-14-10-5-3-4-6-11(10)18-13/h3-6,9H,7-8H2,1-2H3. The molecule has 2 rings (SSSR count). The van der Waals surface area contributed by atoms with E-state index in [1.807, 2.05) is 32.0 Å². The van der Waals surface area contributed by atoms with Crippen molar-refractivity contribution >= 4 is 39.3 Å². The van der Waals surface area contributed by atoms with Gasteiger partial charge in [0.15, 0.2) is 4.34 Å². The molecule has 0 radical (unpaired) electrons. The highest BCUT2D eigenvalue weighted by atomic mass is 32.2. The molecule has 0 unspecified atom stereocenters. The molecule has 0 spiro atoms. The number of ether oxygens (including phenoxy) is 1. The quantitative estimate of drug-likeness (QED) is 0.477. The van der Waals surface area contributed by atoms with Gasteiger partial charge in [-0.25, -0.2) is 4.98 Å². The van der Waals surface area contributed by atoms with E-state index in [9.17, 15) is 4.79 Å². The van der Waals surface area contributed by atoms with Crippen molar-refractivity contribution in [2.24, 2.45) is 5.92 Å². The van der Waals surface area contributed by atoms with Gasteiger partial charge in [-0.05, 0) is 12.1 Å². The number of rotatable bonds is 5. The van der Waals surface area contributed by atoms with E-state index in [4.69, 9.17) is 4.74 Å². The minimum Gasteiger partial charge on any atom is -0.465 e. The summed E-state index contributed by atoms with van der Waals surface area (Å²) in [6.07, 6.45) is 0. The van der Waals surface area contributed by atoms with Gasteiger partial charge in [0.25, 0.3) is 0 Å². The van der Waals surface area contributed by atoms with Gasteiger partial charge in [-0.3, -0.25) is 4.79 Å². The Kier molecular flexibility index (Phi) is 4.60. The van der Waals surface area contributed by atoms with Gasteiger partial charge >= 0.3 is 5.97 Å². The van der Waals surface area contributed by atoms with Crippen LogP contribution in [0.3, 0.4) is 0 Å². The highest BCUT2D eigenvalue weighted by Gasteiger charge is 2.08. The number of aromatic nitrogens is 1. The van der Waals surface area contributed by atoms with Crippen LogP contribution in [0.15, 0.2) is 28.6 Å². The fraction of sp³-hybridized carbons (Fsp3) is 0.385. The number of hydrogen-bond acceptors (Lipinski definition) is 5. The summed E-state index contributed by atoms with van der Waals surface area (Å²) in [5.41, 5.74) is 1.03. The maximum absolute atomic E-state index is 11.3. The van der Waals surface area contributed by atoms with Crippen LogP contribution in [0.2, 0.25) is 0 Å². The molecule has 0 aliphatic carbocycles. The summed E-state index contributed by atoms with van der Waals surface area (Å²) in [4.78, 5) is 15.8. The molecule has 18 heavy (non-hydrogen) atoms. The second-order valence-electron chi connectivity index (χ2n) is 4.12. The molecule has 0 saturated heterocycles. The van der Waals surface area contributed by atoms with Crippen molar-refractivity contribution in [1.82, 2.24) is 4.98 Å². The topological polar surface area (TPSA) is 39.2 Å². The minimum atomic E-state index is -0.139. The third-order valence-electron chi connectivity index (χ3n) is 2.30. The lowest BCUT2D eigenvalue weighted by Gasteiger charge is -2.05. The second kappa shape index (κ2) is 6.20. The number of para-hydroxylation sites is 1. The molecule has 96 valence electrons. The van der Waals surface area contributed by atoms with Gasteiger partial charge in [-0.15, -0.1) is 11.3 Å². The molecule has 3 nitrogen and oxygen atoms in total. The molecule has 1 aromatic carbocycles. The highest BCUT2D eigenvalue weighted by Crippen LogP contribution is 2.28. The van der Waals surface area contributed by atoms with E-state index in [0.29, 0.717) is 6.61 Å². The summed E-state index contributed by atoms with van der Waals surface area (Å²) >= 11 is 3.30. The number of esters is 1. The molecule has 0 N–H and O–H groups in total. The Morgan fingerprint density at radius 3 is 2.94 bits per heavy atom. The molecular formula is C13H15NO2S2. The van der Waals surface area contributed by atoms with Crippen molar-refractivity contribution in [1.29, 1.82) is 0 Å². The van der Waals surface area contributed by atoms with Crippen LogP contribution in [0.1, 0.15) is 13.8 Å². The van der Waals surface area contributed by atoms with Crippen molar-refractivity contribution in [3.63, 3.8) is 0 Å². The van der Waals surface area contributed by atoms with E-state index in [-0.39, 0.29) is 11.9 Å². The highest BCUT2D eigenvalue weighted by molar-refractivity contribution is 8.01. The lowest BCUT2D eigenvalue weighted by atomic mass is 10.2. The molecule has 0 fully saturated rings. The normalized spacial score (nSPS) is 11.1. The molecule has 2 aromatic rings. The molecule has 0 aliphatic rings. The predicted molar refractivity (Wildman–Crippen MR) is 76.1 cm³/mol. The first-order valence-electron chi connectivity index (χ1n) is 5.82. The van der Waals surface area contributed by atoms with Gasteiger partial charge in [0, 0.05) is 5.75 Å². The van der Waals surface area contributed by atoms with Crippen molar-refractivity contribution in [2.45, 2.75) is 18.2 Å². The lowest BCUT2D eigenvalue weighted by Crippen LogP contribution is -2.13. The molecule has 0 aliphatic heterocycles. The van der Waals surface area contributed by atoms with Gasteiger partial charge < -0.3 is 4.74 Å². The third kappa shape index (κ3) is 3.46. The fourth-order valence-corrected chi connectivity index (χ4v) is 3.31. The molecular weight excluding hydrogens is 266 g/mol. The summed E-state index contributed by atoms with van der Waals surface area (Å²) in [7, 11) is 0. The number of carbonyl (C=O) groups excluding carboxylic acids is 1. The van der Waals surface area contributed by atoms with Gasteiger partial charge in [0.2, 0.25) is 0 Å². The lowest BCUT2D eigenvalue weighted by molar-refractivity contribution is -0.146. The van der Waals surface area contributed by atoms with Crippen LogP contribution in [-0.2, 0) is 9.53 Å². The van der Waals surface area contributed by atoms with Crippen LogP contribution >= 0.6 is 23.1 Å². The molecule has 0 amide bonds. The van der Waals surface area contributed by atoms with E-state index in [0.717, 1.165) is 15.6 Å². The summed E-state index contributed by atoms with van der Waals surface area (Å²) in [6, 6.07) is 8.07. The predicted octanol–water partition coefficient (Wildman–Crippen LogP) is 3.59. The summed E-state index contributed by atoms with van der Waals surface area (Å²) in [5.74, 6) is 0.551. The smallest absolute Gasteiger partial charge is 0.308 e. The average molecular weight is 281 g/mol. The Morgan fingerprint density at radius 1 is 1.44 bits per heavy atom. The zero-order valence-corrected chi connectivity index (χ0v) is 12.0. The van der Waals surface area contributed by atoms with E-state index in [1.54, 1.807) is 23.1 Å². The number of thiazole rings is 1. The molecule has 5 heteroatoms. The van der Waals surface area contributed by atoms with E-state index >= 15 is 0 Å². The number of thioether (sulfide) groups is 1. The first-order chi connectivity index (χ1) is 8.66. The monoisotopic (exact) mass is 281 g/mol. The molecule has 1 heterocycles. The molecule has 0 bridgehead atoms. The SMILES string of the molecule is CC(C)C(=O)OCCSc1nc2ccccc2s1. The summed E-state index contributed by atoms with van der Waals surface area (Å²) < 4.78 is 7.33. The van der Waals surface area contributed by atoms with Gasteiger partial charge in [0.1, 0.15) is 6.61 Å². The van der Waals surface area contributed by atoms with Crippen LogP contribution in [0.4, 0.5) is 0 Å². The van der Waals surface area contributed by atoms with Gasteiger partial charge in [0.05, 0.1) is 16.1 Å². The summed E-state index contributed by atoms with van der Waals surface area (Å²) in [5, 5.41) is 0. The Hall–Kier alpha value is -1.07. The first-order valence-corrected chi connectivity index (χ1v) is 7.62. The van der Waals surface area contributed by atoms with Crippen molar-refractivity contribution in [2.75, 3.05) is 12.4 Å². The van der Waals surface area contributed by atoms with Crippen LogP contribution in [-0.4, -0.2) is 23.3 Å². The third-order valence-corrected chi connectivity index (χ3v) is 4.44. The maximum atomic E-state index is 11.3. The number of hydrogen-bond donors (Lipinski definition) is 0. The van der Waals surface area contributed by atoms with E-state index in [2.05, 4.69) is 11.1 Å². The molecule has 0 saturated carbocycles. The average Bonchev–Trinajstić information content (AvgIpc) is 2.76. The summed E-state index contributed by atoms with van der Waals surface area (Å²) in [6.45, 7) is 4.11. The fourth-order valence-electron chi connectivity index (χ4n) is 1.35. The van der Waals surface area contributed by atoms with Crippen LogP contribution in [0, 0.1) is 5.92 Å². The van der Waals surface area contributed by atoms with Crippen LogP contribution in [0.5, 0.6) is 0 Å². The van der Waals surface area contributed by atoms with Crippen molar-refractivity contribution < 1.29 is 9.53 Å². The molecule has 0 atom stereocenters. The Morgan fingerprint density at radius 2 is 2.22 bits per heavy atom. The van der Waals surface area contributed by atoms with Crippen LogP contribution in [0.25, 0.3) is 10.2 Å². The van der Waals surface area contributed by atoms with Gasteiger partial charge in [-0.1, -0.05) is 37.7 Å². The van der Waals surface area contributed by atoms with E-state index < -0.39 is 0 Å². The zero-order chi connectivity index (χ0) is 13.0. The maximum Gasteiger partial charge on any atom is 0.308 e. The number of benzene rings is 1. The second-order valence-corrected chi connectivity index (χ2v) is 6.49. The van der Waals surface area contributed by atoms with Crippen molar-refractivity contribution in [3.8, 4) is 0 Å². The minimum absolute atomic E-state index is 0.0579. The Labute approximate surface area is 115 Å².